The van der Waals surface area contributed by atoms with E-state index < -0.39 is 0 Å². The van der Waals surface area contributed by atoms with Crippen LogP contribution in [-0.4, -0.2) is 53.8 Å². The summed E-state index contributed by atoms with van der Waals surface area (Å²) in [5.41, 5.74) is 2.57. The van der Waals surface area contributed by atoms with Crippen molar-refractivity contribution in [1.82, 2.24) is 15.1 Å². The number of piperazine rings is 1. The average molecular weight is 427 g/mol. The Labute approximate surface area is 180 Å². The second-order valence-electron chi connectivity index (χ2n) is 7.28. The lowest BCUT2D eigenvalue weighted by Crippen LogP contribution is -2.50. The number of nitrogens with zero attached hydrogens (tertiary/aromatic N) is 4. The third-order valence-corrected chi connectivity index (χ3v) is 5.75. The number of carbonyl (C=O) groups is 1. The highest BCUT2D eigenvalue weighted by atomic mass is 35.5. The van der Waals surface area contributed by atoms with Crippen LogP contribution in [0, 0.1) is 13.8 Å². The van der Waals surface area contributed by atoms with Gasteiger partial charge in [0.15, 0.2) is 18.2 Å². The Kier molecular flexibility index (Phi) is 5.90. The summed E-state index contributed by atoms with van der Waals surface area (Å²) in [5, 5.41) is 9.27. The molecule has 0 saturated carbocycles. The van der Waals surface area contributed by atoms with Gasteiger partial charge >= 0.3 is 0 Å². The van der Waals surface area contributed by atoms with Gasteiger partial charge in [-0.05, 0) is 61.4 Å². The van der Waals surface area contributed by atoms with E-state index in [4.69, 9.17) is 20.8 Å². The molecule has 2 aromatic heterocycles. The van der Waals surface area contributed by atoms with Crippen LogP contribution in [0.5, 0.6) is 5.75 Å². The quantitative estimate of drug-likeness (QED) is 0.619. The van der Waals surface area contributed by atoms with Crippen LogP contribution < -0.4 is 9.64 Å². The van der Waals surface area contributed by atoms with Crippen molar-refractivity contribution in [2.24, 2.45) is 0 Å². The molecule has 3 aromatic rings. The summed E-state index contributed by atoms with van der Waals surface area (Å²) in [6.45, 7) is 6.48. The van der Waals surface area contributed by atoms with Gasteiger partial charge in [0.1, 0.15) is 11.4 Å². The van der Waals surface area contributed by atoms with Crippen molar-refractivity contribution in [3.05, 3.63) is 58.8 Å². The molecule has 1 fully saturated rings. The highest BCUT2D eigenvalue weighted by Gasteiger charge is 2.22. The second-order valence-corrected chi connectivity index (χ2v) is 7.66. The van der Waals surface area contributed by atoms with Gasteiger partial charge in [-0.1, -0.05) is 11.6 Å². The molecule has 0 N–H and O–H groups in total. The van der Waals surface area contributed by atoms with E-state index in [1.54, 1.807) is 6.26 Å². The molecule has 0 spiro atoms. The molecule has 1 saturated heterocycles. The number of hydrogen-bond acceptors (Lipinski definition) is 6. The number of aromatic nitrogens is 2. The minimum atomic E-state index is -0.0286. The van der Waals surface area contributed by atoms with Crippen LogP contribution in [0.4, 0.5) is 5.82 Å². The molecule has 8 heteroatoms. The summed E-state index contributed by atoms with van der Waals surface area (Å²) in [6, 6.07) is 11.2. The Hall–Kier alpha value is -3.06. The standard InChI is InChI=1S/C22H23ClN4O3/c1-15-12-17(13-16(2)22(15)23)30-14-21(28)27-9-7-26(8-10-27)20-6-5-18(24-25-20)19-4-3-11-29-19/h3-6,11-13H,7-10,14H2,1-2H3. The van der Waals surface area contributed by atoms with Gasteiger partial charge in [-0.15, -0.1) is 10.2 Å². The van der Waals surface area contributed by atoms with Crippen molar-refractivity contribution in [1.29, 1.82) is 0 Å². The van der Waals surface area contributed by atoms with Crippen LogP contribution in [-0.2, 0) is 4.79 Å². The number of benzene rings is 1. The van der Waals surface area contributed by atoms with Crippen molar-refractivity contribution in [3.8, 4) is 17.2 Å². The van der Waals surface area contributed by atoms with Gasteiger partial charge in [0.05, 0.1) is 6.26 Å². The van der Waals surface area contributed by atoms with Crippen LogP contribution in [0.2, 0.25) is 5.02 Å². The van der Waals surface area contributed by atoms with Gasteiger partial charge in [-0.3, -0.25) is 4.79 Å². The third-order valence-electron chi connectivity index (χ3n) is 5.15. The summed E-state index contributed by atoms with van der Waals surface area (Å²) in [5.74, 6) is 2.11. The number of amides is 1. The number of halogens is 1. The molecule has 156 valence electrons. The third kappa shape index (κ3) is 4.41. The molecule has 1 aliphatic rings. The van der Waals surface area contributed by atoms with E-state index in [0.717, 1.165) is 22.0 Å². The molecule has 7 nitrogen and oxygen atoms in total. The topological polar surface area (TPSA) is 71.7 Å². The van der Waals surface area contributed by atoms with Crippen LogP contribution in [0.25, 0.3) is 11.5 Å². The average Bonchev–Trinajstić information content (AvgIpc) is 3.31. The number of hydrogen-bond donors (Lipinski definition) is 0. The van der Waals surface area contributed by atoms with E-state index in [1.807, 2.05) is 55.1 Å². The zero-order valence-corrected chi connectivity index (χ0v) is 17.7. The van der Waals surface area contributed by atoms with E-state index in [-0.39, 0.29) is 12.5 Å². The second kappa shape index (κ2) is 8.75. The predicted molar refractivity (Wildman–Crippen MR) is 115 cm³/mol. The molecule has 3 heterocycles. The van der Waals surface area contributed by atoms with E-state index in [1.165, 1.54) is 0 Å². The summed E-state index contributed by atoms with van der Waals surface area (Å²) < 4.78 is 11.0. The van der Waals surface area contributed by atoms with Crippen molar-refractivity contribution in [3.63, 3.8) is 0 Å². The fraction of sp³-hybridized carbons (Fsp3) is 0.318. The van der Waals surface area contributed by atoms with Crippen molar-refractivity contribution < 1.29 is 13.9 Å². The van der Waals surface area contributed by atoms with Crippen LogP contribution in [0.1, 0.15) is 11.1 Å². The summed E-state index contributed by atoms with van der Waals surface area (Å²) in [6.07, 6.45) is 1.61. The molecular weight excluding hydrogens is 404 g/mol. The highest BCUT2D eigenvalue weighted by Crippen LogP contribution is 2.26. The Bertz CT molecular complexity index is 990. The van der Waals surface area contributed by atoms with Gasteiger partial charge in [0.2, 0.25) is 0 Å². The molecule has 1 amide bonds. The maximum absolute atomic E-state index is 12.5. The fourth-order valence-electron chi connectivity index (χ4n) is 3.46. The van der Waals surface area contributed by atoms with Gasteiger partial charge < -0.3 is 19.0 Å². The summed E-state index contributed by atoms with van der Waals surface area (Å²) in [7, 11) is 0. The number of ether oxygens (including phenoxy) is 1. The molecular formula is C22H23ClN4O3. The van der Waals surface area contributed by atoms with Gasteiger partial charge in [0, 0.05) is 31.2 Å². The number of rotatable bonds is 5. The minimum absolute atomic E-state index is 0.0121. The number of furan rings is 1. The zero-order valence-electron chi connectivity index (χ0n) is 17.0. The molecule has 0 unspecified atom stereocenters. The van der Waals surface area contributed by atoms with Gasteiger partial charge in [-0.2, -0.15) is 0 Å². The Morgan fingerprint density at radius 1 is 1.10 bits per heavy atom. The first-order valence-corrected chi connectivity index (χ1v) is 10.2. The molecule has 0 atom stereocenters. The molecule has 4 rings (SSSR count). The Morgan fingerprint density at radius 2 is 1.83 bits per heavy atom. The molecule has 0 radical (unpaired) electrons. The van der Waals surface area contributed by atoms with E-state index >= 15 is 0 Å². The van der Waals surface area contributed by atoms with Gasteiger partial charge in [-0.25, -0.2) is 0 Å². The molecule has 30 heavy (non-hydrogen) atoms. The first-order chi connectivity index (χ1) is 14.5. The Balaban J connectivity index is 1.29. The number of carbonyl (C=O) groups excluding carboxylic acids is 1. The largest absolute Gasteiger partial charge is 0.484 e. The maximum atomic E-state index is 12.5. The van der Waals surface area contributed by atoms with Crippen molar-refractivity contribution in [2.45, 2.75) is 13.8 Å². The first-order valence-electron chi connectivity index (χ1n) is 9.81. The van der Waals surface area contributed by atoms with Gasteiger partial charge in [0.25, 0.3) is 5.91 Å². The summed E-state index contributed by atoms with van der Waals surface area (Å²) in [4.78, 5) is 16.5. The normalized spacial score (nSPS) is 14.1. The van der Waals surface area contributed by atoms with E-state index in [2.05, 4.69) is 15.1 Å². The number of aryl methyl sites for hydroxylation is 2. The Morgan fingerprint density at radius 3 is 2.43 bits per heavy atom. The van der Waals surface area contributed by atoms with Crippen LogP contribution in [0.15, 0.2) is 47.1 Å². The minimum Gasteiger partial charge on any atom is -0.484 e. The molecule has 0 aliphatic carbocycles. The van der Waals surface area contributed by atoms with Crippen LogP contribution in [0.3, 0.4) is 0 Å². The zero-order chi connectivity index (χ0) is 21.1. The number of anilines is 1. The van der Waals surface area contributed by atoms with Crippen molar-refractivity contribution >= 4 is 23.3 Å². The highest BCUT2D eigenvalue weighted by molar-refractivity contribution is 6.32. The molecule has 1 aromatic carbocycles. The smallest absolute Gasteiger partial charge is 0.260 e. The predicted octanol–water partition coefficient (Wildman–Crippen LogP) is 3.73. The van der Waals surface area contributed by atoms with Crippen LogP contribution >= 0.6 is 11.6 Å². The lowest BCUT2D eigenvalue weighted by Gasteiger charge is -2.35. The fourth-order valence-corrected chi connectivity index (χ4v) is 3.57. The van der Waals surface area contributed by atoms with Crippen molar-refractivity contribution in [2.75, 3.05) is 37.7 Å². The first kappa shape index (κ1) is 20.2. The molecule has 0 bridgehead atoms. The summed E-state index contributed by atoms with van der Waals surface area (Å²) >= 11 is 6.18. The molecule has 1 aliphatic heterocycles. The lowest BCUT2D eigenvalue weighted by molar-refractivity contribution is -0.133. The van der Waals surface area contributed by atoms with E-state index in [9.17, 15) is 4.79 Å². The van der Waals surface area contributed by atoms with E-state index in [0.29, 0.717) is 43.4 Å². The lowest BCUT2D eigenvalue weighted by atomic mass is 10.1. The monoisotopic (exact) mass is 426 g/mol. The maximum Gasteiger partial charge on any atom is 0.260 e. The SMILES string of the molecule is Cc1cc(OCC(=O)N2CCN(c3ccc(-c4ccco4)nn3)CC2)cc(C)c1Cl.